The normalized spacial score (nSPS) is 27.2. The Balaban J connectivity index is 2.26. The van der Waals surface area contributed by atoms with Crippen molar-refractivity contribution in [1.29, 1.82) is 0 Å². The fourth-order valence-corrected chi connectivity index (χ4v) is 2.08. The highest BCUT2D eigenvalue weighted by molar-refractivity contribution is 5.77. The minimum Gasteiger partial charge on any atom is -0.381 e. The van der Waals surface area contributed by atoms with E-state index in [1.165, 1.54) is 0 Å². The molecule has 0 heterocycles. The predicted molar refractivity (Wildman–Crippen MR) is 62.2 cm³/mol. The number of nitrogens with one attached hydrogen (secondary N) is 1. The molecule has 0 radical (unpaired) electrons. The van der Waals surface area contributed by atoms with Crippen molar-refractivity contribution in [2.75, 3.05) is 20.3 Å². The molecule has 4 heteroatoms. The van der Waals surface area contributed by atoms with E-state index < -0.39 is 0 Å². The van der Waals surface area contributed by atoms with E-state index >= 15 is 0 Å². The second-order valence-corrected chi connectivity index (χ2v) is 4.95. The number of methoxy groups -OCH3 is 1. The van der Waals surface area contributed by atoms with E-state index in [1.54, 1.807) is 7.11 Å². The van der Waals surface area contributed by atoms with Crippen molar-refractivity contribution >= 4 is 5.91 Å². The van der Waals surface area contributed by atoms with Crippen molar-refractivity contribution < 1.29 is 14.3 Å². The molecule has 16 heavy (non-hydrogen) atoms. The summed E-state index contributed by atoms with van der Waals surface area (Å²) in [6.45, 7) is 7.06. The van der Waals surface area contributed by atoms with Crippen LogP contribution in [0, 0.1) is 5.41 Å². The number of carbonyl (C=O) groups is 1. The first-order valence-corrected chi connectivity index (χ1v) is 5.92. The molecule has 1 fully saturated rings. The summed E-state index contributed by atoms with van der Waals surface area (Å²) in [6, 6.07) is 0.204. The maximum absolute atomic E-state index is 11.5. The van der Waals surface area contributed by atoms with E-state index in [0.717, 1.165) is 12.8 Å². The lowest BCUT2D eigenvalue weighted by Crippen LogP contribution is -2.62. The molecule has 0 aromatic rings. The number of carbonyl (C=O) groups excluding carboxylic acids is 1. The number of rotatable bonds is 6. The maximum atomic E-state index is 11.5. The van der Waals surface area contributed by atoms with Gasteiger partial charge in [-0.2, -0.15) is 0 Å². The Kier molecular flexibility index (Phi) is 4.74. The van der Waals surface area contributed by atoms with E-state index in [0.29, 0.717) is 6.61 Å². The van der Waals surface area contributed by atoms with Gasteiger partial charge >= 0.3 is 0 Å². The van der Waals surface area contributed by atoms with Gasteiger partial charge in [0.05, 0.1) is 6.10 Å². The third-order valence-corrected chi connectivity index (χ3v) is 3.38. The average molecular weight is 229 g/mol. The van der Waals surface area contributed by atoms with Crippen LogP contribution >= 0.6 is 0 Å². The topological polar surface area (TPSA) is 47.6 Å². The Bertz CT molecular complexity index is 240. The Morgan fingerprint density at radius 3 is 2.69 bits per heavy atom. The number of hydrogen-bond donors (Lipinski definition) is 1. The number of hydrogen-bond acceptors (Lipinski definition) is 3. The van der Waals surface area contributed by atoms with Gasteiger partial charge in [-0.3, -0.25) is 4.79 Å². The molecular formula is C12H23NO3. The van der Waals surface area contributed by atoms with Crippen molar-refractivity contribution in [3.8, 4) is 0 Å². The summed E-state index contributed by atoms with van der Waals surface area (Å²) in [5.74, 6) is -0.0268. The molecule has 4 nitrogen and oxygen atoms in total. The predicted octanol–water partition coefficient (Wildman–Crippen LogP) is 1.34. The van der Waals surface area contributed by atoms with Gasteiger partial charge in [-0.05, 0) is 12.8 Å². The summed E-state index contributed by atoms with van der Waals surface area (Å²) in [4.78, 5) is 11.5. The number of ether oxygens (including phenoxy) is 2. The summed E-state index contributed by atoms with van der Waals surface area (Å²) in [5.41, 5.74) is 0.0230. The molecule has 0 bridgehead atoms. The van der Waals surface area contributed by atoms with Gasteiger partial charge in [-0.25, -0.2) is 0 Å². The fourth-order valence-electron chi connectivity index (χ4n) is 2.08. The minimum atomic E-state index is -0.0268. The van der Waals surface area contributed by atoms with Crippen LogP contribution < -0.4 is 5.32 Å². The molecule has 1 rings (SSSR count). The molecule has 1 aliphatic rings. The van der Waals surface area contributed by atoms with Crippen LogP contribution in [-0.2, 0) is 14.3 Å². The lowest BCUT2D eigenvalue weighted by Gasteiger charge is -2.51. The zero-order valence-corrected chi connectivity index (χ0v) is 10.7. The summed E-state index contributed by atoms with van der Waals surface area (Å²) >= 11 is 0. The highest BCUT2D eigenvalue weighted by Crippen LogP contribution is 2.42. The molecule has 0 aliphatic heterocycles. The van der Waals surface area contributed by atoms with Crippen LogP contribution in [-0.4, -0.2) is 38.4 Å². The number of amides is 1. The Morgan fingerprint density at radius 1 is 1.50 bits per heavy atom. The SMILES string of the molecule is CCCOCC(=O)NC1CC(OC)C1(C)C. The van der Waals surface area contributed by atoms with Crippen LogP contribution in [0.3, 0.4) is 0 Å². The van der Waals surface area contributed by atoms with E-state index in [2.05, 4.69) is 19.2 Å². The molecule has 1 N–H and O–H groups in total. The maximum Gasteiger partial charge on any atom is 0.246 e. The molecule has 0 spiro atoms. The van der Waals surface area contributed by atoms with E-state index in [9.17, 15) is 4.79 Å². The second-order valence-electron chi connectivity index (χ2n) is 4.95. The highest BCUT2D eigenvalue weighted by atomic mass is 16.5. The van der Waals surface area contributed by atoms with Crippen LogP contribution in [0.25, 0.3) is 0 Å². The second kappa shape index (κ2) is 5.64. The first-order valence-electron chi connectivity index (χ1n) is 5.92. The molecular weight excluding hydrogens is 206 g/mol. The van der Waals surface area contributed by atoms with E-state index in [1.807, 2.05) is 6.92 Å². The third kappa shape index (κ3) is 2.95. The lowest BCUT2D eigenvalue weighted by atomic mass is 9.64. The molecule has 0 aromatic heterocycles. The molecule has 94 valence electrons. The van der Waals surface area contributed by atoms with Crippen molar-refractivity contribution in [3.05, 3.63) is 0 Å². The van der Waals surface area contributed by atoms with Gasteiger partial charge < -0.3 is 14.8 Å². The molecule has 1 saturated carbocycles. The standard InChI is InChI=1S/C12H23NO3/c1-5-6-16-8-11(14)13-9-7-10(15-4)12(9,2)3/h9-10H,5-8H2,1-4H3,(H,13,14). The molecule has 1 amide bonds. The lowest BCUT2D eigenvalue weighted by molar-refractivity contribution is -0.136. The Hall–Kier alpha value is -0.610. The largest absolute Gasteiger partial charge is 0.381 e. The van der Waals surface area contributed by atoms with Crippen LogP contribution in [0.1, 0.15) is 33.6 Å². The van der Waals surface area contributed by atoms with Crippen molar-refractivity contribution in [1.82, 2.24) is 5.32 Å². The van der Waals surface area contributed by atoms with Gasteiger partial charge in [0, 0.05) is 25.2 Å². The van der Waals surface area contributed by atoms with Crippen molar-refractivity contribution in [3.63, 3.8) is 0 Å². The van der Waals surface area contributed by atoms with Gasteiger partial charge in [-0.15, -0.1) is 0 Å². The zero-order chi connectivity index (χ0) is 12.2. The van der Waals surface area contributed by atoms with Crippen molar-refractivity contribution in [2.45, 2.75) is 45.8 Å². The molecule has 0 saturated heterocycles. The van der Waals surface area contributed by atoms with Crippen LogP contribution in [0.4, 0.5) is 0 Å². The van der Waals surface area contributed by atoms with E-state index in [-0.39, 0.29) is 30.1 Å². The first kappa shape index (κ1) is 13.5. The van der Waals surface area contributed by atoms with Crippen LogP contribution in [0.2, 0.25) is 0 Å². The van der Waals surface area contributed by atoms with Gasteiger partial charge in [0.25, 0.3) is 0 Å². The molecule has 2 unspecified atom stereocenters. The van der Waals surface area contributed by atoms with Gasteiger partial charge in [0.2, 0.25) is 5.91 Å². The summed E-state index contributed by atoms with van der Waals surface area (Å²) in [7, 11) is 1.72. The smallest absolute Gasteiger partial charge is 0.246 e. The third-order valence-electron chi connectivity index (χ3n) is 3.38. The van der Waals surface area contributed by atoms with Crippen LogP contribution in [0.15, 0.2) is 0 Å². The van der Waals surface area contributed by atoms with E-state index in [4.69, 9.17) is 9.47 Å². The summed E-state index contributed by atoms with van der Waals surface area (Å²) in [5, 5.41) is 2.99. The van der Waals surface area contributed by atoms with Gasteiger partial charge in [0.15, 0.2) is 0 Å². The first-order chi connectivity index (χ1) is 7.52. The molecule has 2 atom stereocenters. The average Bonchev–Trinajstić information content (AvgIpc) is 2.24. The summed E-state index contributed by atoms with van der Waals surface area (Å²) < 4.78 is 10.5. The van der Waals surface area contributed by atoms with Gasteiger partial charge in [-0.1, -0.05) is 20.8 Å². The van der Waals surface area contributed by atoms with Gasteiger partial charge in [0.1, 0.15) is 6.61 Å². The molecule has 0 aromatic carbocycles. The highest BCUT2D eigenvalue weighted by Gasteiger charge is 2.49. The van der Waals surface area contributed by atoms with Crippen LogP contribution in [0.5, 0.6) is 0 Å². The summed E-state index contributed by atoms with van der Waals surface area (Å²) in [6.07, 6.45) is 2.08. The fraction of sp³-hybridized carbons (Fsp3) is 0.917. The Morgan fingerprint density at radius 2 is 2.19 bits per heavy atom. The Labute approximate surface area is 97.7 Å². The molecule has 1 aliphatic carbocycles. The quantitative estimate of drug-likeness (QED) is 0.699. The zero-order valence-electron chi connectivity index (χ0n) is 10.7. The minimum absolute atomic E-state index is 0.0230. The van der Waals surface area contributed by atoms with Crippen molar-refractivity contribution in [2.24, 2.45) is 5.41 Å². The monoisotopic (exact) mass is 229 g/mol.